The number of morpholine rings is 1. The van der Waals surface area contributed by atoms with Gasteiger partial charge in [0.2, 0.25) is 5.91 Å². The summed E-state index contributed by atoms with van der Waals surface area (Å²) >= 11 is 0. The second kappa shape index (κ2) is 10.5. The van der Waals surface area contributed by atoms with E-state index in [1.165, 1.54) is 4.90 Å². The van der Waals surface area contributed by atoms with Crippen molar-refractivity contribution in [1.29, 1.82) is 0 Å². The van der Waals surface area contributed by atoms with Crippen molar-refractivity contribution in [2.24, 2.45) is 0 Å². The second-order valence-electron chi connectivity index (χ2n) is 9.10. The molecule has 3 heterocycles. The van der Waals surface area contributed by atoms with E-state index in [-0.39, 0.29) is 55.3 Å². The van der Waals surface area contributed by atoms with Crippen LogP contribution in [-0.2, 0) is 25.6 Å². The van der Waals surface area contributed by atoms with E-state index >= 15 is 0 Å². The summed E-state index contributed by atoms with van der Waals surface area (Å²) in [7, 11) is 0. The number of hydrogen-bond acceptors (Lipinski definition) is 6. The fourth-order valence-electron chi connectivity index (χ4n) is 4.88. The van der Waals surface area contributed by atoms with Crippen LogP contribution < -0.4 is 0 Å². The average Bonchev–Trinajstić information content (AvgIpc) is 3.29. The molecule has 0 N–H and O–H groups in total. The van der Waals surface area contributed by atoms with Crippen molar-refractivity contribution in [2.45, 2.75) is 58.8 Å². The summed E-state index contributed by atoms with van der Waals surface area (Å²) in [6.07, 6.45) is 0.0513. The summed E-state index contributed by atoms with van der Waals surface area (Å²) in [5.41, 5.74) is 1.90. The van der Waals surface area contributed by atoms with Crippen molar-refractivity contribution >= 4 is 17.8 Å². The SMILES string of the molecule is CCOC(=O)C1=C(C)N(Cc2ccc(C(=O)N3CC(C)OC(C)C3)o2)C(=O)CC1c1ccccc1. The van der Waals surface area contributed by atoms with E-state index in [2.05, 4.69) is 0 Å². The zero-order valence-electron chi connectivity index (χ0n) is 20.7. The highest BCUT2D eigenvalue weighted by Crippen LogP contribution is 2.37. The first kappa shape index (κ1) is 24.7. The molecule has 3 unspecified atom stereocenters. The van der Waals surface area contributed by atoms with E-state index in [0.29, 0.717) is 30.1 Å². The van der Waals surface area contributed by atoms with Gasteiger partial charge in [0, 0.05) is 31.1 Å². The van der Waals surface area contributed by atoms with Gasteiger partial charge in [-0.15, -0.1) is 0 Å². The van der Waals surface area contributed by atoms with E-state index < -0.39 is 5.97 Å². The maximum absolute atomic E-state index is 13.2. The zero-order chi connectivity index (χ0) is 25.1. The minimum atomic E-state index is -0.428. The van der Waals surface area contributed by atoms with Gasteiger partial charge in [-0.05, 0) is 45.4 Å². The van der Waals surface area contributed by atoms with Gasteiger partial charge in [0.05, 0.1) is 30.9 Å². The van der Waals surface area contributed by atoms with Crippen LogP contribution in [-0.4, -0.2) is 59.5 Å². The molecule has 0 saturated carbocycles. The van der Waals surface area contributed by atoms with Crippen LogP contribution in [0.3, 0.4) is 0 Å². The number of ether oxygens (including phenoxy) is 2. The number of rotatable bonds is 6. The molecular weight excluding hydrogens is 448 g/mol. The second-order valence-corrected chi connectivity index (χ2v) is 9.10. The largest absolute Gasteiger partial charge is 0.463 e. The summed E-state index contributed by atoms with van der Waals surface area (Å²) < 4.78 is 16.9. The quantitative estimate of drug-likeness (QED) is 0.583. The van der Waals surface area contributed by atoms with E-state index in [1.807, 2.05) is 44.2 Å². The zero-order valence-corrected chi connectivity index (χ0v) is 20.7. The predicted octanol–water partition coefficient (Wildman–Crippen LogP) is 3.88. The highest BCUT2D eigenvalue weighted by Gasteiger charge is 2.37. The predicted molar refractivity (Wildman–Crippen MR) is 128 cm³/mol. The molecule has 0 spiro atoms. The molecule has 2 aliphatic rings. The van der Waals surface area contributed by atoms with E-state index in [0.717, 1.165) is 5.56 Å². The lowest BCUT2D eigenvalue weighted by molar-refractivity contribution is -0.140. The van der Waals surface area contributed by atoms with Crippen molar-refractivity contribution < 1.29 is 28.3 Å². The molecule has 3 atom stereocenters. The van der Waals surface area contributed by atoms with Crippen molar-refractivity contribution in [2.75, 3.05) is 19.7 Å². The Balaban J connectivity index is 1.58. The highest BCUT2D eigenvalue weighted by atomic mass is 16.5. The summed E-state index contributed by atoms with van der Waals surface area (Å²) in [6, 6.07) is 12.8. The molecule has 2 amide bonds. The summed E-state index contributed by atoms with van der Waals surface area (Å²) in [6.45, 7) is 8.74. The van der Waals surface area contributed by atoms with E-state index in [9.17, 15) is 14.4 Å². The maximum Gasteiger partial charge on any atom is 0.336 e. The highest BCUT2D eigenvalue weighted by molar-refractivity contribution is 5.96. The lowest BCUT2D eigenvalue weighted by Crippen LogP contribution is -2.48. The molecule has 4 rings (SSSR count). The Morgan fingerprint density at radius 1 is 1.06 bits per heavy atom. The number of carbonyl (C=O) groups excluding carboxylic acids is 3. The van der Waals surface area contributed by atoms with Crippen LogP contribution in [0.15, 0.2) is 58.2 Å². The van der Waals surface area contributed by atoms with Gasteiger partial charge in [0.1, 0.15) is 5.76 Å². The van der Waals surface area contributed by atoms with Crippen molar-refractivity contribution in [3.63, 3.8) is 0 Å². The molecule has 0 aliphatic carbocycles. The molecule has 2 aromatic rings. The topological polar surface area (TPSA) is 89.3 Å². The number of furan rings is 1. The fourth-order valence-corrected chi connectivity index (χ4v) is 4.88. The fraction of sp³-hybridized carbons (Fsp3) is 0.444. The van der Waals surface area contributed by atoms with Gasteiger partial charge in [-0.1, -0.05) is 30.3 Å². The third-order valence-electron chi connectivity index (χ3n) is 6.41. The molecule has 8 heteroatoms. The Bertz CT molecular complexity index is 1110. The van der Waals surface area contributed by atoms with Crippen molar-refractivity contribution in [3.05, 3.63) is 70.8 Å². The van der Waals surface area contributed by atoms with Crippen LogP contribution in [0.25, 0.3) is 0 Å². The molecule has 186 valence electrons. The van der Waals surface area contributed by atoms with Gasteiger partial charge in [0.25, 0.3) is 5.91 Å². The molecule has 0 bridgehead atoms. The third kappa shape index (κ3) is 5.32. The van der Waals surface area contributed by atoms with Crippen LogP contribution in [0.2, 0.25) is 0 Å². The van der Waals surface area contributed by atoms with Gasteiger partial charge < -0.3 is 23.7 Å². The smallest absolute Gasteiger partial charge is 0.336 e. The van der Waals surface area contributed by atoms with E-state index in [4.69, 9.17) is 13.9 Å². The number of benzene rings is 1. The number of amides is 2. The lowest BCUT2D eigenvalue weighted by Gasteiger charge is -2.35. The van der Waals surface area contributed by atoms with Crippen LogP contribution in [0.1, 0.15) is 61.9 Å². The third-order valence-corrected chi connectivity index (χ3v) is 6.41. The summed E-state index contributed by atoms with van der Waals surface area (Å²) in [5.74, 6) is -0.437. The molecule has 2 aliphatic heterocycles. The number of carbonyl (C=O) groups is 3. The Kier molecular flexibility index (Phi) is 7.40. The molecule has 35 heavy (non-hydrogen) atoms. The Labute approximate surface area is 205 Å². The van der Waals surface area contributed by atoms with Gasteiger partial charge >= 0.3 is 5.97 Å². The minimum absolute atomic E-state index is 0.0465. The first-order chi connectivity index (χ1) is 16.8. The number of allylic oxidation sites excluding steroid dienone is 1. The Morgan fingerprint density at radius 2 is 1.74 bits per heavy atom. The Morgan fingerprint density at radius 3 is 2.40 bits per heavy atom. The molecular formula is C27H32N2O6. The van der Waals surface area contributed by atoms with E-state index in [1.54, 1.807) is 30.9 Å². The molecule has 1 aromatic carbocycles. The van der Waals surface area contributed by atoms with Crippen molar-refractivity contribution in [3.8, 4) is 0 Å². The van der Waals surface area contributed by atoms with Crippen LogP contribution >= 0.6 is 0 Å². The molecule has 1 aromatic heterocycles. The normalized spacial score (nSPS) is 23.0. The monoisotopic (exact) mass is 480 g/mol. The maximum atomic E-state index is 13.2. The standard InChI is InChI=1S/C27H32N2O6/c1-5-33-27(32)25-19(4)29(24(30)13-22(25)20-9-7-6-8-10-20)16-21-11-12-23(35-21)26(31)28-14-17(2)34-18(3)15-28/h6-12,17-18,22H,5,13-16H2,1-4H3. The molecule has 0 radical (unpaired) electrons. The summed E-state index contributed by atoms with van der Waals surface area (Å²) in [4.78, 5) is 42.3. The number of nitrogens with zero attached hydrogens (tertiary/aromatic N) is 2. The minimum Gasteiger partial charge on any atom is -0.463 e. The lowest BCUT2D eigenvalue weighted by atomic mass is 9.83. The Hall–Kier alpha value is -3.39. The molecule has 1 fully saturated rings. The van der Waals surface area contributed by atoms with Crippen molar-refractivity contribution in [1.82, 2.24) is 9.80 Å². The number of esters is 1. The number of hydrogen-bond donors (Lipinski definition) is 0. The summed E-state index contributed by atoms with van der Waals surface area (Å²) in [5, 5.41) is 0. The van der Waals surface area contributed by atoms with Gasteiger partial charge in [-0.25, -0.2) is 4.79 Å². The molecule has 1 saturated heterocycles. The van der Waals surface area contributed by atoms with Crippen LogP contribution in [0.4, 0.5) is 0 Å². The first-order valence-corrected chi connectivity index (χ1v) is 12.0. The van der Waals surface area contributed by atoms with Crippen LogP contribution in [0, 0.1) is 0 Å². The van der Waals surface area contributed by atoms with Gasteiger partial charge in [-0.2, -0.15) is 0 Å². The first-order valence-electron chi connectivity index (χ1n) is 12.0. The van der Waals surface area contributed by atoms with Crippen LogP contribution in [0.5, 0.6) is 0 Å². The average molecular weight is 481 g/mol. The molecule has 8 nitrogen and oxygen atoms in total. The van der Waals surface area contributed by atoms with Gasteiger partial charge in [0.15, 0.2) is 5.76 Å². The van der Waals surface area contributed by atoms with Gasteiger partial charge in [-0.3, -0.25) is 9.59 Å².